The highest BCUT2D eigenvalue weighted by molar-refractivity contribution is 6.72. The lowest BCUT2D eigenvalue weighted by atomic mass is 9.82. The van der Waals surface area contributed by atoms with E-state index in [0.717, 1.165) is 16.7 Å². The number of rotatable bonds is 7. The molecule has 0 radical (unpaired) electrons. The van der Waals surface area contributed by atoms with Gasteiger partial charge in [-0.1, -0.05) is 73.7 Å². The van der Waals surface area contributed by atoms with E-state index in [9.17, 15) is 19.5 Å². The summed E-state index contributed by atoms with van der Waals surface area (Å²) in [6.45, 7) is 5.41. The summed E-state index contributed by atoms with van der Waals surface area (Å²) in [6.07, 6.45) is -0.397. The quantitative estimate of drug-likeness (QED) is 0.175. The summed E-state index contributed by atoms with van der Waals surface area (Å²) in [5.74, 6) is -0.658. The Bertz CT molecular complexity index is 2070. The predicted molar refractivity (Wildman–Crippen MR) is 197 cm³/mol. The number of fused-ring (bicyclic) bond motifs is 4. The fourth-order valence-corrected chi connectivity index (χ4v) is 11.5. The van der Waals surface area contributed by atoms with E-state index >= 15 is 4.11 Å². The molecule has 0 unspecified atom stereocenters. The van der Waals surface area contributed by atoms with Crippen LogP contribution in [-0.4, -0.2) is 61.5 Å². The van der Waals surface area contributed by atoms with Crippen LogP contribution in [0.5, 0.6) is 5.75 Å². The summed E-state index contributed by atoms with van der Waals surface area (Å²) in [5, 5.41) is 10.3. The number of halogens is 1. The van der Waals surface area contributed by atoms with Crippen LogP contribution in [0.15, 0.2) is 97.1 Å². The van der Waals surface area contributed by atoms with Gasteiger partial charge in [0, 0.05) is 29.3 Å². The van der Waals surface area contributed by atoms with E-state index < -0.39 is 37.6 Å². The Morgan fingerprint density at radius 2 is 1.65 bits per heavy atom. The minimum absolute atomic E-state index is 0.0816. The fourth-order valence-electron chi connectivity index (χ4n) is 9.05. The number of benzene rings is 4. The molecule has 1 N–H and O–H groups in total. The summed E-state index contributed by atoms with van der Waals surface area (Å²) in [5.41, 5.74) is 3.44. The molecule has 1 fully saturated rings. The molecule has 4 heterocycles. The van der Waals surface area contributed by atoms with Gasteiger partial charge in [0.2, 0.25) is 14.3 Å². The van der Waals surface area contributed by atoms with E-state index in [4.69, 9.17) is 9.47 Å². The van der Waals surface area contributed by atoms with Crippen LogP contribution >= 0.6 is 0 Å². The Morgan fingerprint density at radius 1 is 0.942 bits per heavy atom. The minimum Gasteiger partial charge on any atom is -0.482 e. The maximum Gasteiger partial charge on any atom is 0.269 e. The highest BCUT2D eigenvalue weighted by Crippen LogP contribution is 2.60. The Hall–Kier alpha value is -4.84. The van der Waals surface area contributed by atoms with Gasteiger partial charge in [0.15, 0.2) is 12.2 Å². The first-order valence-electron chi connectivity index (χ1n) is 17.9. The number of carbonyl (C=O) groups excluding carboxylic acids is 3. The van der Waals surface area contributed by atoms with E-state index in [1.54, 1.807) is 27.8 Å². The molecule has 52 heavy (non-hydrogen) atoms. The van der Waals surface area contributed by atoms with Crippen molar-refractivity contribution in [2.45, 2.75) is 69.2 Å². The van der Waals surface area contributed by atoms with Gasteiger partial charge in [-0.05, 0) is 66.5 Å². The maximum absolute atomic E-state index is 16.5. The first kappa shape index (κ1) is 34.3. The first-order chi connectivity index (χ1) is 25.0. The third-order valence-corrected chi connectivity index (χ3v) is 13.8. The Labute approximate surface area is 303 Å². The number of hydrogen-bond donors (Lipinski definition) is 1. The lowest BCUT2D eigenvalue weighted by Crippen LogP contribution is -2.48. The molecule has 1 saturated heterocycles. The summed E-state index contributed by atoms with van der Waals surface area (Å²) in [7, 11) is -3.52. The van der Waals surface area contributed by atoms with Crippen molar-refractivity contribution < 1.29 is 33.1 Å². The molecule has 9 nitrogen and oxygen atoms in total. The third kappa shape index (κ3) is 5.53. The zero-order valence-electron chi connectivity index (χ0n) is 29.5. The van der Waals surface area contributed by atoms with Gasteiger partial charge < -0.3 is 28.5 Å². The standard InChI is InChI=1S/C41H42FN3O6Si/c1-26-39(52(2,3)42)36(21-37(47)43-23-29-13-5-4-12-28(29)20-31(43)24-46)51-41(26)32-15-6-7-16-33(32)44(40(41)49)22-27-11-10-14-30(19-27)45-34-17-8-9-18-35(34)50-25-38(45)48/h4-19,26,31,36,39,46H,20-25H2,1-3H3/t26-,31-,36+,39-,41+/m0/s1. The zero-order chi connectivity index (χ0) is 36.4. The van der Waals surface area contributed by atoms with Crippen LogP contribution in [0, 0.1) is 5.92 Å². The van der Waals surface area contributed by atoms with Crippen molar-refractivity contribution in [3.63, 3.8) is 0 Å². The molecule has 11 heteroatoms. The van der Waals surface area contributed by atoms with E-state index in [2.05, 4.69) is 0 Å². The molecule has 268 valence electrons. The van der Waals surface area contributed by atoms with Crippen molar-refractivity contribution in [1.29, 1.82) is 0 Å². The zero-order valence-corrected chi connectivity index (χ0v) is 30.5. The minimum atomic E-state index is -3.52. The normalized spacial score (nSPS) is 25.2. The Morgan fingerprint density at radius 3 is 2.42 bits per heavy atom. The van der Waals surface area contributed by atoms with Crippen LogP contribution in [0.2, 0.25) is 18.6 Å². The number of amides is 3. The molecule has 8 rings (SSSR count). The predicted octanol–water partition coefficient (Wildman–Crippen LogP) is 6.40. The number of nitrogens with zero attached hydrogens (tertiary/aromatic N) is 3. The number of anilines is 3. The summed E-state index contributed by atoms with van der Waals surface area (Å²) in [4.78, 5) is 47.1. The van der Waals surface area contributed by atoms with Crippen LogP contribution in [0.25, 0.3) is 0 Å². The summed E-state index contributed by atoms with van der Waals surface area (Å²) in [6, 6.07) is 29.9. The van der Waals surface area contributed by atoms with Crippen LogP contribution < -0.4 is 14.5 Å². The Kier molecular flexibility index (Phi) is 8.55. The molecule has 4 aliphatic rings. The SMILES string of the molecule is C[C@H]1[C@H]([Si](C)(C)F)[C@@H](CC(=O)N2Cc3ccccc3C[C@H]2CO)O[C@]12C(=O)N(Cc1cccc(N3C(=O)COc4ccccc43)c1)c1ccccc12. The summed E-state index contributed by atoms with van der Waals surface area (Å²) >= 11 is 0. The molecule has 5 atom stereocenters. The van der Waals surface area contributed by atoms with E-state index in [1.165, 1.54) is 0 Å². The number of para-hydroxylation sites is 3. The molecular formula is C41H42FN3O6Si. The van der Waals surface area contributed by atoms with Gasteiger partial charge >= 0.3 is 0 Å². The highest BCUT2D eigenvalue weighted by Gasteiger charge is 2.67. The van der Waals surface area contributed by atoms with Gasteiger partial charge in [0.25, 0.3) is 11.8 Å². The largest absolute Gasteiger partial charge is 0.482 e. The van der Waals surface area contributed by atoms with Gasteiger partial charge in [-0.2, -0.15) is 0 Å². The molecule has 0 aromatic heterocycles. The molecule has 0 bridgehead atoms. The number of carbonyl (C=O) groups is 3. The second-order valence-corrected chi connectivity index (χ2v) is 18.7. The number of ether oxygens (including phenoxy) is 2. The fraction of sp³-hybridized carbons (Fsp3) is 0.341. The topological polar surface area (TPSA) is 99.6 Å². The molecule has 0 saturated carbocycles. The number of aliphatic hydroxyl groups excluding tert-OH is 1. The van der Waals surface area contributed by atoms with Crippen LogP contribution in [0.1, 0.15) is 35.6 Å². The Balaban J connectivity index is 1.10. The van der Waals surface area contributed by atoms with E-state index in [-0.39, 0.29) is 43.9 Å². The molecule has 1 spiro atoms. The second kappa shape index (κ2) is 13.0. The average Bonchev–Trinajstić information content (AvgIpc) is 3.57. The van der Waals surface area contributed by atoms with Crippen LogP contribution in [0.4, 0.5) is 21.2 Å². The first-order valence-corrected chi connectivity index (χ1v) is 20.9. The van der Waals surface area contributed by atoms with Gasteiger partial charge in [0.1, 0.15) is 5.75 Å². The smallest absolute Gasteiger partial charge is 0.269 e. The van der Waals surface area contributed by atoms with E-state index in [1.807, 2.05) is 104 Å². The molecule has 4 aliphatic heterocycles. The van der Waals surface area contributed by atoms with Gasteiger partial charge in [0.05, 0.1) is 43.1 Å². The van der Waals surface area contributed by atoms with Crippen molar-refractivity contribution in [3.8, 4) is 5.75 Å². The average molecular weight is 720 g/mol. The highest BCUT2D eigenvalue weighted by atomic mass is 28.4. The van der Waals surface area contributed by atoms with Crippen molar-refractivity contribution in [2.75, 3.05) is 23.0 Å². The van der Waals surface area contributed by atoms with Gasteiger partial charge in [-0.3, -0.25) is 19.3 Å². The lowest BCUT2D eigenvalue weighted by molar-refractivity contribution is -0.151. The second-order valence-electron chi connectivity index (χ2n) is 14.9. The molecule has 0 aliphatic carbocycles. The maximum atomic E-state index is 16.5. The van der Waals surface area contributed by atoms with Gasteiger partial charge in [-0.25, -0.2) is 0 Å². The molecule has 4 aromatic rings. The number of hydrogen-bond acceptors (Lipinski definition) is 6. The van der Waals surface area contributed by atoms with Crippen molar-refractivity contribution in [1.82, 2.24) is 4.90 Å². The van der Waals surface area contributed by atoms with E-state index in [0.29, 0.717) is 41.3 Å². The van der Waals surface area contributed by atoms with Crippen molar-refractivity contribution in [2.24, 2.45) is 5.92 Å². The summed E-state index contributed by atoms with van der Waals surface area (Å²) < 4.78 is 29.0. The van der Waals surface area contributed by atoms with Crippen molar-refractivity contribution in [3.05, 3.63) is 119 Å². The lowest BCUT2D eigenvalue weighted by Gasteiger charge is -2.37. The molecule has 4 aromatic carbocycles. The third-order valence-electron chi connectivity index (χ3n) is 11.3. The molecular weight excluding hydrogens is 678 g/mol. The number of aliphatic hydroxyl groups is 1. The van der Waals surface area contributed by atoms with Crippen molar-refractivity contribution >= 4 is 43.2 Å². The monoisotopic (exact) mass is 719 g/mol. The molecule has 3 amide bonds. The van der Waals surface area contributed by atoms with Gasteiger partial charge in [-0.15, -0.1) is 0 Å². The van der Waals surface area contributed by atoms with Crippen LogP contribution in [-0.2, 0) is 44.2 Å². The van der Waals surface area contributed by atoms with Crippen LogP contribution in [0.3, 0.4) is 0 Å².